The van der Waals surface area contributed by atoms with Gasteiger partial charge >= 0.3 is 34.6 Å². The van der Waals surface area contributed by atoms with Crippen LogP contribution in [0.15, 0.2) is 108 Å². The number of carbonyl (C=O) groups excluding carboxylic acids is 1. The Labute approximate surface area is 209 Å². The van der Waals surface area contributed by atoms with Gasteiger partial charge in [0.2, 0.25) is 0 Å². The van der Waals surface area contributed by atoms with Crippen molar-refractivity contribution < 1.29 is 43.2 Å². The zero-order valence-corrected chi connectivity index (χ0v) is 19.4. The summed E-state index contributed by atoms with van der Waals surface area (Å²) in [5.74, 6) is -0.229. The van der Waals surface area contributed by atoms with E-state index in [1.54, 1.807) is 0 Å². The van der Waals surface area contributed by atoms with Gasteiger partial charge in [-0.05, 0) is 24.3 Å². The van der Waals surface area contributed by atoms with Gasteiger partial charge in [-0.1, -0.05) is 36.4 Å². The van der Waals surface area contributed by atoms with Crippen molar-refractivity contribution in [2.24, 2.45) is 0 Å². The minimum Gasteiger partial charge on any atom is -0.545 e. The molecule has 0 saturated heterocycles. The quantitative estimate of drug-likeness (QED) is 0.222. The zero-order chi connectivity index (χ0) is 23.4. The molecule has 9 heteroatoms. The first kappa shape index (κ1) is 28.2. The van der Waals surface area contributed by atoms with E-state index in [2.05, 4.69) is 6.07 Å². The first-order valence-electron chi connectivity index (χ1n) is 9.07. The van der Waals surface area contributed by atoms with Gasteiger partial charge in [-0.25, -0.2) is 23.1 Å². The van der Waals surface area contributed by atoms with Crippen molar-refractivity contribution in [1.29, 1.82) is 0 Å². The molecule has 0 amide bonds. The smallest absolute Gasteiger partial charge is 0.545 e. The molecule has 0 bridgehead atoms. The van der Waals surface area contributed by atoms with Gasteiger partial charge < -0.3 is 9.90 Å². The molecule has 0 radical (unpaired) electrons. The average Bonchev–Trinajstić information content (AvgIpc) is 2.80. The predicted octanol–water partition coefficient (Wildman–Crippen LogP) is -0.392. The van der Waals surface area contributed by atoms with E-state index < -0.39 is 16.2 Å². The van der Waals surface area contributed by atoms with Crippen LogP contribution in [0.5, 0.6) is 0 Å². The SMILES string of the molecule is O=C([O-])c1cc(-c2ccccc2)[o+]c(-c2ccccc2)c1.[Mg+2].[O-][Cl+3]([O-])([O-])[O-].[c-]1ccccc1. The van der Waals surface area contributed by atoms with Gasteiger partial charge in [0.1, 0.15) is 0 Å². The number of hydrogen-bond acceptors (Lipinski definition) is 6. The molecular weight excluding hydrogens is 460 g/mol. The number of benzene rings is 3. The van der Waals surface area contributed by atoms with Gasteiger partial charge in [0, 0.05) is 5.56 Å². The van der Waals surface area contributed by atoms with E-state index in [9.17, 15) is 9.90 Å². The van der Waals surface area contributed by atoms with Crippen molar-refractivity contribution >= 4 is 29.0 Å². The standard InChI is InChI=1S/C18H12O3.C6H5.ClHO4.Mg/c19-18(20)15-11-16(13-7-3-1-4-8-13)21-17(12-15)14-9-5-2-6-10-14;1-2-4-6-5-3-1;2-1(3,4)5;/h1-12H;1-5H;(H,2,3,4,5);/q;-1;;+2/p-1. The van der Waals surface area contributed by atoms with E-state index in [1.807, 2.05) is 91.0 Å². The Morgan fingerprint density at radius 2 is 1.06 bits per heavy atom. The number of aromatic carboxylic acids is 1. The predicted molar refractivity (Wildman–Crippen MR) is 109 cm³/mol. The maximum absolute atomic E-state index is 11.2. The Morgan fingerprint density at radius 1 is 0.697 bits per heavy atom. The zero-order valence-electron chi connectivity index (χ0n) is 17.3. The van der Waals surface area contributed by atoms with Crippen LogP contribution in [0.1, 0.15) is 10.4 Å². The molecule has 0 unspecified atom stereocenters. The monoisotopic (exact) mass is 476 g/mol. The number of carboxylic acid groups (broad SMARTS) is 1. The summed E-state index contributed by atoms with van der Waals surface area (Å²) in [6, 6.07) is 34.2. The third-order valence-electron chi connectivity index (χ3n) is 3.75. The molecule has 0 aliphatic heterocycles. The van der Waals surface area contributed by atoms with Crippen molar-refractivity contribution in [2.75, 3.05) is 0 Å². The van der Waals surface area contributed by atoms with Gasteiger partial charge in [-0.3, -0.25) is 0 Å². The molecular formula is C24H17ClMgO7. The Bertz CT molecular complexity index is 1000. The van der Waals surface area contributed by atoms with Gasteiger partial charge in [0.05, 0.1) is 29.2 Å². The van der Waals surface area contributed by atoms with E-state index in [0.29, 0.717) is 11.5 Å². The minimum atomic E-state index is -4.94. The molecule has 3 aromatic carbocycles. The molecule has 33 heavy (non-hydrogen) atoms. The van der Waals surface area contributed by atoms with Gasteiger partial charge in [-0.15, -0.1) is 10.2 Å². The summed E-state index contributed by atoms with van der Waals surface area (Å²) in [6.07, 6.45) is 0. The fraction of sp³-hybridized carbons (Fsp3) is 0. The first-order chi connectivity index (χ1) is 15.2. The molecule has 0 spiro atoms. The summed E-state index contributed by atoms with van der Waals surface area (Å²) in [4.78, 5) is 11.2. The Balaban J connectivity index is 0.000000376. The third-order valence-corrected chi connectivity index (χ3v) is 3.75. The Kier molecular flexibility index (Phi) is 12.3. The van der Waals surface area contributed by atoms with Crippen LogP contribution in [-0.4, -0.2) is 29.0 Å². The second kappa shape index (κ2) is 14.4. The van der Waals surface area contributed by atoms with Crippen molar-refractivity contribution in [3.8, 4) is 22.6 Å². The molecule has 1 aromatic heterocycles. The van der Waals surface area contributed by atoms with Crippen molar-refractivity contribution in [2.45, 2.75) is 0 Å². The summed E-state index contributed by atoms with van der Waals surface area (Å²) >= 11 is 0. The summed E-state index contributed by atoms with van der Waals surface area (Å²) in [5, 5.41) is 11.2. The van der Waals surface area contributed by atoms with Gasteiger partial charge in [0.25, 0.3) is 0 Å². The van der Waals surface area contributed by atoms with E-state index in [1.165, 1.54) is 12.1 Å². The number of halogens is 1. The fourth-order valence-electron chi connectivity index (χ4n) is 2.45. The van der Waals surface area contributed by atoms with Crippen LogP contribution in [-0.2, 0) is 0 Å². The van der Waals surface area contributed by atoms with Crippen molar-refractivity contribution in [3.63, 3.8) is 0 Å². The van der Waals surface area contributed by atoms with Crippen LogP contribution < -0.4 is 23.7 Å². The average molecular weight is 477 g/mol. The molecule has 4 rings (SSSR count). The number of carboxylic acids is 1. The molecule has 4 aromatic rings. The van der Waals surface area contributed by atoms with E-state index in [4.69, 9.17) is 23.1 Å². The second-order valence-corrected chi connectivity index (χ2v) is 6.81. The number of rotatable bonds is 3. The van der Waals surface area contributed by atoms with Gasteiger partial charge in [0.15, 0.2) is 0 Å². The van der Waals surface area contributed by atoms with Crippen molar-refractivity contribution in [1.82, 2.24) is 0 Å². The molecule has 1 heterocycles. The Morgan fingerprint density at radius 3 is 1.33 bits per heavy atom. The van der Waals surface area contributed by atoms with Crippen LogP contribution in [0.2, 0.25) is 0 Å². The normalized spacial score (nSPS) is 9.82. The van der Waals surface area contributed by atoms with Crippen molar-refractivity contribution in [3.05, 3.63) is 115 Å². The van der Waals surface area contributed by atoms with Crippen LogP contribution in [0, 0.1) is 16.3 Å². The summed E-state index contributed by atoms with van der Waals surface area (Å²) in [5.41, 5.74) is 1.73. The molecule has 0 fully saturated rings. The van der Waals surface area contributed by atoms with Crippen LogP contribution in [0.4, 0.5) is 0 Å². The molecule has 0 saturated carbocycles. The van der Waals surface area contributed by atoms with Crippen LogP contribution in [0.25, 0.3) is 22.6 Å². The number of carbonyl (C=O) groups is 1. The molecule has 0 N–H and O–H groups in total. The first-order valence-corrected chi connectivity index (χ1v) is 10.3. The van der Waals surface area contributed by atoms with Crippen LogP contribution in [0.3, 0.4) is 0 Å². The van der Waals surface area contributed by atoms with E-state index in [-0.39, 0.29) is 28.6 Å². The van der Waals surface area contributed by atoms with Gasteiger partial charge in [-0.2, -0.15) is 36.4 Å². The summed E-state index contributed by atoms with van der Waals surface area (Å²) in [6.45, 7) is 0. The molecule has 0 aliphatic rings. The minimum absolute atomic E-state index is 0. The maximum atomic E-state index is 11.2. The molecule has 7 nitrogen and oxygen atoms in total. The maximum Gasteiger partial charge on any atom is 2.00 e. The fourth-order valence-corrected chi connectivity index (χ4v) is 2.45. The van der Waals surface area contributed by atoms with E-state index >= 15 is 0 Å². The second-order valence-electron chi connectivity index (χ2n) is 6.05. The number of hydrogen-bond donors (Lipinski definition) is 0. The summed E-state index contributed by atoms with van der Waals surface area (Å²) < 4.78 is 39.8. The largest absolute Gasteiger partial charge is 2.00 e. The topological polar surface area (TPSA) is 144 Å². The van der Waals surface area contributed by atoms with Crippen LogP contribution >= 0.6 is 0 Å². The Hall–Kier alpha value is -2.82. The third kappa shape index (κ3) is 11.6. The van der Waals surface area contributed by atoms with E-state index in [0.717, 1.165) is 11.1 Å². The molecule has 164 valence electrons. The summed E-state index contributed by atoms with van der Waals surface area (Å²) in [7, 11) is -4.94. The molecule has 0 aliphatic carbocycles. The molecule has 0 atom stereocenters.